The topological polar surface area (TPSA) is 50.7 Å². The average molecular weight is 287 g/mol. The monoisotopic (exact) mass is 287 g/mol. The number of fused-ring (bicyclic) bond motifs is 3. The second-order valence-electron chi connectivity index (χ2n) is 5.57. The number of aliphatic hydroxyl groups excluding tert-OH is 1. The number of ether oxygens (including phenoxy) is 2. The van der Waals surface area contributed by atoms with Crippen molar-refractivity contribution in [1.82, 2.24) is 5.32 Å². The van der Waals surface area contributed by atoms with E-state index in [4.69, 9.17) is 9.47 Å². The van der Waals surface area contributed by atoms with Crippen LogP contribution in [0.4, 0.5) is 0 Å². The van der Waals surface area contributed by atoms with Crippen LogP contribution in [-0.4, -0.2) is 31.5 Å². The third kappa shape index (κ3) is 1.98. The summed E-state index contributed by atoms with van der Waals surface area (Å²) >= 11 is 0. The lowest BCUT2D eigenvalue weighted by atomic mass is 9.70. The van der Waals surface area contributed by atoms with Crippen molar-refractivity contribution < 1.29 is 14.6 Å². The summed E-state index contributed by atoms with van der Waals surface area (Å²) in [6.45, 7) is 4.77. The van der Waals surface area contributed by atoms with Gasteiger partial charge in [-0.05, 0) is 18.7 Å². The Labute approximate surface area is 125 Å². The highest BCUT2D eigenvalue weighted by Gasteiger charge is 2.50. The average Bonchev–Trinajstić information content (AvgIpc) is 2.83. The fraction of sp³-hybridized carbons (Fsp3) is 0.412. The lowest BCUT2D eigenvalue weighted by Crippen LogP contribution is -2.40. The summed E-state index contributed by atoms with van der Waals surface area (Å²) in [5.41, 5.74) is 1.87. The van der Waals surface area contributed by atoms with Crippen LogP contribution in [0.2, 0.25) is 0 Å². The molecule has 0 saturated heterocycles. The van der Waals surface area contributed by atoms with E-state index in [1.54, 1.807) is 7.11 Å². The van der Waals surface area contributed by atoms with Crippen LogP contribution >= 0.6 is 0 Å². The van der Waals surface area contributed by atoms with Gasteiger partial charge in [-0.1, -0.05) is 24.3 Å². The van der Waals surface area contributed by atoms with Gasteiger partial charge >= 0.3 is 0 Å². The first kappa shape index (κ1) is 14.2. The number of rotatable bonds is 4. The predicted octanol–water partition coefficient (Wildman–Crippen LogP) is 1.92. The largest absolute Gasteiger partial charge is 0.493 e. The smallest absolute Gasteiger partial charge is 0.166 e. The van der Waals surface area contributed by atoms with Crippen LogP contribution in [0.1, 0.15) is 17.5 Å². The van der Waals surface area contributed by atoms with E-state index in [2.05, 4.69) is 18.0 Å². The van der Waals surface area contributed by atoms with Crippen LogP contribution < -0.4 is 14.8 Å². The van der Waals surface area contributed by atoms with Crippen LogP contribution in [-0.2, 0) is 12.0 Å². The summed E-state index contributed by atoms with van der Waals surface area (Å²) < 4.78 is 11.6. The van der Waals surface area contributed by atoms with E-state index in [-0.39, 0.29) is 6.10 Å². The van der Waals surface area contributed by atoms with Crippen molar-refractivity contribution in [3.63, 3.8) is 0 Å². The van der Waals surface area contributed by atoms with Crippen LogP contribution in [0.5, 0.6) is 11.5 Å². The van der Waals surface area contributed by atoms with Gasteiger partial charge in [0.2, 0.25) is 0 Å². The van der Waals surface area contributed by atoms with E-state index in [0.717, 1.165) is 29.2 Å². The van der Waals surface area contributed by atoms with Gasteiger partial charge in [-0.2, -0.15) is 0 Å². The van der Waals surface area contributed by atoms with Crippen LogP contribution in [0.15, 0.2) is 36.9 Å². The van der Waals surface area contributed by atoms with Gasteiger partial charge in [0, 0.05) is 18.5 Å². The van der Waals surface area contributed by atoms with Crippen molar-refractivity contribution in [2.24, 2.45) is 0 Å². The third-order valence-electron chi connectivity index (χ3n) is 4.41. The second-order valence-corrected chi connectivity index (χ2v) is 5.57. The molecule has 0 aromatic heterocycles. The zero-order chi connectivity index (χ0) is 15.0. The van der Waals surface area contributed by atoms with Crippen molar-refractivity contribution >= 4 is 0 Å². The number of methoxy groups -OCH3 is 1. The van der Waals surface area contributed by atoms with Crippen molar-refractivity contribution in [2.45, 2.75) is 30.6 Å². The molecule has 4 nitrogen and oxygen atoms in total. The first-order valence-electron chi connectivity index (χ1n) is 7.19. The molecular formula is C17H21NO3. The first-order chi connectivity index (χ1) is 10.2. The van der Waals surface area contributed by atoms with Gasteiger partial charge < -0.3 is 19.9 Å². The number of hydrogen-bond donors (Lipinski definition) is 2. The van der Waals surface area contributed by atoms with Crippen molar-refractivity contribution in [2.75, 3.05) is 14.2 Å². The maximum Gasteiger partial charge on any atom is 0.166 e. The predicted molar refractivity (Wildman–Crippen MR) is 81.8 cm³/mol. The highest BCUT2D eigenvalue weighted by atomic mass is 16.5. The molecule has 1 aromatic carbocycles. The molecule has 0 unspecified atom stereocenters. The molecule has 1 aromatic rings. The summed E-state index contributed by atoms with van der Waals surface area (Å²) in [7, 11) is 3.56. The molecule has 1 heterocycles. The Hall–Kier alpha value is -1.78. The molecule has 0 spiro atoms. The molecule has 3 atom stereocenters. The van der Waals surface area contributed by atoms with Crippen molar-refractivity contribution in [1.29, 1.82) is 0 Å². The Balaban J connectivity index is 2.22. The maximum atomic E-state index is 9.90. The Morgan fingerprint density at radius 2 is 2.38 bits per heavy atom. The van der Waals surface area contributed by atoms with Gasteiger partial charge in [0.1, 0.15) is 6.10 Å². The van der Waals surface area contributed by atoms with Gasteiger partial charge in [-0.15, -0.1) is 6.58 Å². The van der Waals surface area contributed by atoms with Crippen molar-refractivity contribution in [3.8, 4) is 11.5 Å². The fourth-order valence-corrected chi connectivity index (χ4v) is 3.40. The molecule has 0 fully saturated rings. The molecule has 21 heavy (non-hydrogen) atoms. The van der Waals surface area contributed by atoms with Crippen LogP contribution in [0.25, 0.3) is 0 Å². The fourth-order valence-electron chi connectivity index (χ4n) is 3.40. The minimum absolute atomic E-state index is 0.142. The molecule has 0 radical (unpaired) electrons. The van der Waals surface area contributed by atoms with Gasteiger partial charge in [0.15, 0.2) is 11.5 Å². The molecule has 1 aliphatic heterocycles. The Bertz CT molecular complexity index is 596. The number of hydrogen-bond acceptors (Lipinski definition) is 4. The van der Waals surface area contributed by atoms with E-state index in [1.165, 1.54) is 0 Å². The summed E-state index contributed by atoms with van der Waals surface area (Å²) in [6.07, 6.45) is 5.71. The molecule has 3 rings (SSSR count). The van der Waals surface area contributed by atoms with Crippen LogP contribution in [0, 0.1) is 0 Å². The summed E-state index contributed by atoms with van der Waals surface area (Å²) in [5, 5.41) is 13.1. The van der Waals surface area contributed by atoms with E-state index < -0.39 is 11.5 Å². The van der Waals surface area contributed by atoms with Crippen molar-refractivity contribution in [3.05, 3.63) is 48.1 Å². The molecule has 2 N–H and O–H groups in total. The summed E-state index contributed by atoms with van der Waals surface area (Å²) in [5.74, 6) is 1.50. The SMILES string of the molecule is C=C[C@@]12C=C[C@H](O)C[C@@H]1Oc1c(OC)ccc(CNC)c12. The molecule has 0 saturated carbocycles. The quantitative estimate of drug-likeness (QED) is 0.831. The highest BCUT2D eigenvalue weighted by Crippen LogP contribution is 2.53. The van der Waals surface area contributed by atoms with E-state index >= 15 is 0 Å². The molecule has 0 amide bonds. The Morgan fingerprint density at radius 3 is 3.05 bits per heavy atom. The number of nitrogens with one attached hydrogen (secondary N) is 1. The van der Waals surface area contributed by atoms with Gasteiger partial charge in [-0.3, -0.25) is 0 Å². The second kappa shape index (κ2) is 5.20. The number of aliphatic hydroxyl groups is 1. The molecule has 4 heteroatoms. The third-order valence-corrected chi connectivity index (χ3v) is 4.41. The minimum Gasteiger partial charge on any atom is -0.493 e. The zero-order valence-corrected chi connectivity index (χ0v) is 12.4. The van der Waals surface area contributed by atoms with Gasteiger partial charge in [-0.25, -0.2) is 0 Å². The lowest BCUT2D eigenvalue weighted by Gasteiger charge is -2.33. The normalized spacial score (nSPS) is 29.5. The zero-order valence-electron chi connectivity index (χ0n) is 12.4. The highest BCUT2D eigenvalue weighted by molar-refractivity contribution is 5.62. The molecule has 0 bridgehead atoms. The first-order valence-corrected chi connectivity index (χ1v) is 7.19. The maximum absolute atomic E-state index is 9.90. The summed E-state index contributed by atoms with van der Waals surface area (Å²) in [4.78, 5) is 0. The molecule has 112 valence electrons. The van der Waals surface area contributed by atoms with E-state index in [0.29, 0.717) is 6.42 Å². The molecular weight excluding hydrogens is 266 g/mol. The van der Waals surface area contributed by atoms with Crippen LogP contribution in [0.3, 0.4) is 0 Å². The lowest BCUT2D eigenvalue weighted by molar-refractivity contribution is 0.101. The molecule has 1 aliphatic carbocycles. The Kier molecular flexibility index (Phi) is 3.51. The molecule has 2 aliphatic rings. The minimum atomic E-state index is -0.476. The van der Waals surface area contributed by atoms with E-state index in [1.807, 2.05) is 31.3 Å². The Morgan fingerprint density at radius 1 is 1.57 bits per heavy atom. The standard InChI is InChI=1S/C17H21NO3/c1-4-17-8-7-12(19)9-14(17)21-16-13(20-3)6-5-11(10-18-2)15(16)17/h4-8,12,14,18-19H,1,9-10H2,2-3H3/t12-,14-,17+/m0/s1. The summed E-state index contributed by atoms with van der Waals surface area (Å²) in [6, 6.07) is 3.99. The van der Waals surface area contributed by atoms with Gasteiger partial charge in [0.25, 0.3) is 0 Å². The van der Waals surface area contributed by atoms with E-state index in [9.17, 15) is 5.11 Å². The van der Waals surface area contributed by atoms with Gasteiger partial charge in [0.05, 0.1) is 18.6 Å². The number of benzene rings is 1.